The molecule has 1 aromatic heterocycles. The van der Waals surface area contributed by atoms with E-state index in [9.17, 15) is 5.11 Å². The zero-order chi connectivity index (χ0) is 15.2. The molecule has 0 radical (unpaired) electrons. The molecule has 1 atom stereocenters. The molecule has 1 heterocycles. The first-order valence-corrected chi connectivity index (χ1v) is 7.38. The molecule has 5 nitrogen and oxygen atoms in total. The van der Waals surface area contributed by atoms with Crippen molar-refractivity contribution in [3.8, 4) is 0 Å². The molecule has 0 aliphatic rings. The molecule has 0 spiro atoms. The molecule has 1 rings (SSSR count). The molecule has 0 aliphatic heterocycles. The first kappa shape index (κ1) is 17.0. The normalized spacial score (nSPS) is 13.1. The lowest BCUT2D eigenvalue weighted by molar-refractivity contribution is 0.132. The van der Waals surface area contributed by atoms with E-state index in [1.807, 2.05) is 0 Å². The Morgan fingerprint density at radius 3 is 2.65 bits per heavy atom. The number of aromatic nitrogens is 2. The topological polar surface area (TPSA) is 70.1 Å². The maximum Gasteiger partial charge on any atom is 0.224 e. The maximum atomic E-state index is 9.98. The highest BCUT2D eigenvalue weighted by molar-refractivity contribution is 6.32. The maximum absolute atomic E-state index is 9.98. The van der Waals surface area contributed by atoms with Crippen molar-refractivity contribution < 1.29 is 5.11 Å². The molecule has 1 unspecified atom stereocenters. The molecule has 6 heteroatoms. The summed E-state index contributed by atoms with van der Waals surface area (Å²) in [5.41, 5.74) is 0.0877. The average molecular weight is 301 g/mol. The third kappa shape index (κ3) is 6.39. The van der Waals surface area contributed by atoms with E-state index in [0.717, 1.165) is 13.0 Å². The highest BCUT2D eigenvalue weighted by atomic mass is 35.5. The van der Waals surface area contributed by atoms with Gasteiger partial charge in [-0.05, 0) is 18.3 Å². The van der Waals surface area contributed by atoms with Gasteiger partial charge in [0.15, 0.2) is 5.82 Å². The minimum atomic E-state index is -0.437. The van der Waals surface area contributed by atoms with E-state index in [2.05, 4.69) is 48.3 Å². The number of hydrogen-bond donors (Lipinski definition) is 3. The summed E-state index contributed by atoms with van der Waals surface area (Å²) in [7, 11) is 0. The number of hydrogen-bond acceptors (Lipinski definition) is 5. The quantitative estimate of drug-likeness (QED) is 0.721. The van der Waals surface area contributed by atoms with Crippen LogP contribution in [0.2, 0.25) is 5.02 Å². The molecule has 0 aromatic carbocycles. The highest BCUT2D eigenvalue weighted by Gasteiger charge is 2.17. The number of aliphatic hydroxyl groups is 1. The SMILES string of the molecule is CCCNc1ncc(Cl)c(NCC(O)CC(C)(C)C)n1. The minimum absolute atomic E-state index is 0.0877. The van der Waals surface area contributed by atoms with Crippen molar-refractivity contribution in [1.82, 2.24) is 9.97 Å². The molecule has 114 valence electrons. The number of anilines is 2. The summed E-state index contributed by atoms with van der Waals surface area (Å²) in [6, 6.07) is 0. The van der Waals surface area contributed by atoms with Crippen LogP contribution in [0.4, 0.5) is 11.8 Å². The van der Waals surface area contributed by atoms with Gasteiger partial charge in [0.05, 0.1) is 12.3 Å². The Kier molecular flexibility index (Phi) is 6.49. The van der Waals surface area contributed by atoms with E-state index in [1.165, 1.54) is 0 Å². The Labute approximate surface area is 126 Å². The fraction of sp³-hybridized carbons (Fsp3) is 0.714. The zero-order valence-electron chi connectivity index (χ0n) is 12.7. The first-order chi connectivity index (χ1) is 9.31. The van der Waals surface area contributed by atoms with E-state index in [1.54, 1.807) is 6.20 Å². The third-order valence-electron chi connectivity index (χ3n) is 2.63. The molecule has 0 aliphatic carbocycles. The van der Waals surface area contributed by atoms with Gasteiger partial charge in [0.1, 0.15) is 5.02 Å². The van der Waals surface area contributed by atoms with Crippen molar-refractivity contribution in [2.24, 2.45) is 5.41 Å². The monoisotopic (exact) mass is 300 g/mol. The van der Waals surface area contributed by atoms with Gasteiger partial charge in [-0.3, -0.25) is 0 Å². The summed E-state index contributed by atoms with van der Waals surface area (Å²) in [6.07, 6.45) is 2.83. The van der Waals surface area contributed by atoms with Gasteiger partial charge >= 0.3 is 0 Å². The van der Waals surface area contributed by atoms with Crippen LogP contribution in [0, 0.1) is 5.41 Å². The lowest BCUT2D eigenvalue weighted by atomic mass is 9.89. The lowest BCUT2D eigenvalue weighted by Gasteiger charge is -2.22. The Bertz CT molecular complexity index is 420. The van der Waals surface area contributed by atoms with Gasteiger partial charge in [-0.15, -0.1) is 0 Å². The van der Waals surface area contributed by atoms with Gasteiger partial charge in [-0.25, -0.2) is 4.98 Å². The van der Waals surface area contributed by atoms with Crippen molar-refractivity contribution in [2.45, 2.75) is 46.6 Å². The molecule has 3 N–H and O–H groups in total. The standard InChI is InChI=1S/C14H25ClN4O/c1-5-6-16-13-18-9-11(15)12(19-13)17-8-10(20)7-14(2,3)4/h9-10,20H,5-8H2,1-4H3,(H2,16,17,18,19). The van der Waals surface area contributed by atoms with Crippen molar-refractivity contribution in [3.63, 3.8) is 0 Å². The molecular weight excluding hydrogens is 276 g/mol. The smallest absolute Gasteiger partial charge is 0.224 e. The van der Waals surface area contributed by atoms with Gasteiger partial charge in [-0.1, -0.05) is 39.3 Å². The molecular formula is C14H25ClN4O. The first-order valence-electron chi connectivity index (χ1n) is 7.00. The molecule has 0 fully saturated rings. The third-order valence-corrected chi connectivity index (χ3v) is 2.91. The van der Waals surface area contributed by atoms with E-state index < -0.39 is 6.10 Å². The number of nitrogens with zero attached hydrogens (tertiary/aromatic N) is 2. The summed E-state index contributed by atoms with van der Waals surface area (Å²) < 4.78 is 0. The van der Waals surface area contributed by atoms with Crippen LogP contribution in [-0.2, 0) is 0 Å². The second-order valence-electron chi connectivity index (χ2n) is 6.12. The van der Waals surface area contributed by atoms with Crippen LogP contribution >= 0.6 is 11.6 Å². The summed E-state index contributed by atoms with van der Waals surface area (Å²) in [4.78, 5) is 8.41. The summed E-state index contributed by atoms with van der Waals surface area (Å²) in [6.45, 7) is 9.60. The highest BCUT2D eigenvalue weighted by Crippen LogP contribution is 2.22. The van der Waals surface area contributed by atoms with Gasteiger partial charge < -0.3 is 15.7 Å². The molecule has 0 saturated carbocycles. The lowest BCUT2D eigenvalue weighted by Crippen LogP contribution is -2.25. The zero-order valence-corrected chi connectivity index (χ0v) is 13.5. The minimum Gasteiger partial charge on any atom is -0.391 e. The molecule has 0 saturated heterocycles. The number of aliphatic hydroxyl groups excluding tert-OH is 1. The van der Waals surface area contributed by atoms with Gasteiger partial charge in [0, 0.05) is 13.1 Å². The Morgan fingerprint density at radius 2 is 2.05 bits per heavy atom. The van der Waals surface area contributed by atoms with Crippen molar-refractivity contribution in [2.75, 3.05) is 23.7 Å². The number of halogens is 1. The Hall–Kier alpha value is -1.07. The van der Waals surface area contributed by atoms with Crippen LogP contribution in [0.5, 0.6) is 0 Å². The molecule has 1 aromatic rings. The van der Waals surface area contributed by atoms with E-state index in [4.69, 9.17) is 11.6 Å². The van der Waals surface area contributed by atoms with Crippen LogP contribution in [0.15, 0.2) is 6.20 Å². The molecule has 0 bridgehead atoms. The van der Waals surface area contributed by atoms with E-state index in [-0.39, 0.29) is 5.41 Å². The van der Waals surface area contributed by atoms with Crippen molar-refractivity contribution in [1.29, 1.82) is 0 Å². The van der Waals surface area contributed by atoms with Crippen LogP contribution in [0.1, 0.15) is 40.5 Å². The molecule has 0 amide bonds. The van der Waals surface area contributed by atoms with Crippen LogP contribution < -0.4 is 10.6 Å². The van der Waals surface area contributed by atoms with E-state index in [0.29, 0.717) is 29.8 Å². The predicted octanol–water partition coefficient (Wildman–Crippen LogP) is 3.16. The predicted molar refractivity (Wildman–Crippen MR) is 84.4 cm³/mol. The summed E-state index contributed by atoms with van der Waals surface area (Å²) >= 11 is 6.05. The second-order valence-corrected chi connectivity index (χ2v) is 6.52. The largest absolute Gasteiger partial charge is 0.391 e. The van der Waals surface area contributed by atoms with Gasteiger partial charge in [0.25, 0.3) is 0 Å². The van der Waals surface area contributed by atoms with Crippen LogP contribution in [0.3, 0.4) is 0 Å². The van der Waals surface area contributed by atoms with Gasteiger partial charge in [-0.2, -0.15) is 4.98 Å². The number of rotatable bonds is 7. The van der Waals surface area contributed by atoms with Crippen LogP contribution in [-0.4, -0.2) is 34.3 Å². The van der Waals surface area contributed by atoms with Crippen LogP contribution in [0.25, 0.3) is 0 Å². The Morgan fingerprint density at radius 1 is 1.35 bits per heavy atom. The van der Waals surface area contributed by atoms with E-state index >= 15 is 0 Å². The fourth-order valence-electron chi connectivity index (χ4n) is 1.81. The number of nitrogens with one attached hydrogen (secondary N) is 2. The molecule has 20 heavy (non-hydrogen) atoms. The fourth-order valence-corrected chi connectivity index (χ4v) is 1.96. The van der Waals surface area contributed by atoms with Gasteiger partial charge in [0.2, 0.25) is 5.95 Å². The average Bonchev–Trinajstić information content (AvgIpc) is 2.34. The summed E-state index contributed by atoms with van der Waals surface area (Å²) in [5.74, 6) is 1.09. The second kappa shape index (κ2) is 7.64. The van der Waals surface area contributed by atoms with Crippen molar-refractivity contribution in [3.05, 3.63) is 11.2 Å². The van der Waals surface area contributed by atoms with Crippen molar-refractivity contribution >= 4 is 23.4 Å². The Balaban J connectivity index is 2.58. The summed E-state index contributed by atoms with van der Waals surface area (Å²) in [5, 5.41) is 16.6.